The Bertz CT molecular complexity index is 1170. The molecule has 1 unspecified atom stereocenters. The molecule has 1 amide bonds. The van der Waals surface area contributed by atoms with Gasteiger partial charge in [0, 0.05) is 12.9 Å². The van der Waals surface area contributed by atoms with Crippen LogP contribution in [0.2, 0.25) is 0 Å². The fourth-order valence-corrected chi connectivity index (χ4v) is 5.57. The summed E-state index contributed by atoms with van der Waals surface area (Å²) in [4.78, 5) is 19.9. The van der Waals surface area contributed by atoms with Gasteiger partial charge >= 0.3 is 0 Å². The minimum absolute atomic E-state index is 0.0279. The lowest BCUT2D eigenvalue weighted by Crippen LogP contribution is -2.38. The van der Waals surface area contributed by atoms with E-state index >= 15 is 0 Å². The number of rotatable bonds is 5. The SMILES string of the molecule is Cc1cc2nc(N(CC3CCCO3)C(=O)c3ccccc3S(C)(=O)=O)sc2cc1C. The van der Waals surface area contributed by atoms with Crippen molar-refractivity contribution in [2.24, 2.45) is 0 Å². The predicted molar refractivity (Wildman–Crippen MR) is 119 cm³/mol. The van der Waals surface area contributed by atoms with Crippen molar-refractivity contribution >= 4 is 42.4 Å². The molecule has 6 nitrogen and oxygen atoms in total. The van der Waals surface area contributed by atoms with Crippen LogP contribution in [-0.2, 0) is 14.6 Å². The smallest absolute Gasteiger partial charge is 0.261 e. The topological polar surface area (TPSA) is 76.6 Å². The molecular weight excluding hydrogens is 420 g/mol. The largest absolute Gasteiger partial charge is 0.376 e. The van der Waals surface area contributed by atoms with E-state index in [1.165, 1.54) is 17.4 Å². The van der Waals surface area contributed by atoms with Crippen LogP contribution in [0.3, 0.4) is 0 Å². The molecular formula is C22H24N2O4S2. The standard InChI is InChI=1S/C22H24N2O4S2/c1-14-11-18-19(12-15(14)2)29-22(23-18)24(13-16-7-6-10-28-16)21(25)17-8-4-5-9-20(17)30(3,26)27/h4-5,8-9,11-12,16H,6-7,10,13H2,1-3H3. The number of carbonyl (C=O) groups is 1. The average Bonchev–Trinajstić information content (AvgIpc) is 3.35. The lowest BCUT2D eigenvalue weighted by Gasteiger charge is -2.24. The normalized spacial score (nSPS) is 16.8. The van der Waals surface area contributed by atoms with Gasteiger partial charge in [-0.15, -0.1) is 0 Å². The number of aromatic nitrogens is 1. The van der Waals surface area contributed by atoms with Crippen LogP contribution in [0.15, 0.2) is 41.3 Å². The minimum atomic E-state index is -3.55. The molecule has 1 aliphatic heterocycles. The number of hydrogen-bond acceptors (Lipinski definition) is 6. The zero-order valence-electron chi connectivity index (χ0n) is 17.2. The highest BCUT2D eigenvalue weighted by atomic mass is 32.2. The fraction of sp³-hybridized carbons (Fsp3) is 0.364. The van der Waals surface area contributed by atoms with E-state index in [1.807, 2.05) is 19.9 Å². The van der Waals surface area contributed by atoms with Gasteiger partial charge in [-0.2, -0.15) is 0 Å². The average molecular weight is 445 g/mol. The van der Waals surface area contributed by atoms with Gasteiger partial charge < -0.3 is 4.74 Å². The first-order valence-electron chi connectivity index (χ1n) is 9.84. The third kappa shape index (κ3) is 4.12. The number of thiazole rings is 1. The second-order valence-electron chi connectivity index (χ2n) is 7.72. The first kappa shape index (κ1) is 21.0. The van der Waals surface area contributed by atoms with E-state index in [0.717, 1.165) is 40.4 Å². The van der Waals surface area contributed by atoms with E-state index in [-0.39, 0.29) is 22.5 Å². The molecule has 0 saturated carbocycles. The van der Waals surface area contributed by atoms with Crippen molar-refractivity contribution in [3.05, 3.63) is 53.1 Å². The number of benzene rings is 2. The van der Waals surface area contributed by atoms with Crippen molar-refractivity contribution in [3.63, 3.8) is 0 Å². The molecule has 1 aliphatic rings. The molecule has 30 heavy (non-hydrogen) atoms. The van der Waals surface area contributed by atoms with Crippen LogP contribution < -0.4 is 4.90 Å². The van der Waals surface area contributed by atoms with Crippen LogP contribution in [-0.4, -0.2) is 44.8 Å². The fourth-order valence-electron chi connectivity index (χ4n) is 3.64. The van der Waals surface area contributed by atoms with Gasteiger partial charge in [0.1, 0.15) is 0 Å². The molecule has 4 rings (SSSR count). The van der Waals surface area contributed by atoms with Crippen LogP contribution in [0, 0.1) is 13.8 Å². The Morgan fingerprint density at radius 2 is 1.97 bits per heavy atom. The summed E-state index contributed by atoms with van der Waals surface area (Å²) in [6.07, 6.45) is 2.84. The monoisotopic (exact) mass is 444 g/mol. The van der Waals surface area contributed by atoms with Gasteiger partial charge in [-0.3, -0.25) is 9.69 Å². The molecule has 0 aliphatic carbocycles. The van der Waals surface area contributed by atoms with Crippen molar-refractivity contribution in [2.45, 2.75) is 37.7 Å². The highest BCUT2D eigenvalue weighted by Gasteiger charge is 2.29. The number of fused-ring (bicyclic) bond motifs is 1. The summed E-state index contributed by atoms with van der Waals surface area (Å²) in [5.74, 6) is -0.376. The molecule has 158 valence electrons. The lowest BCUT2D eigenvalue weighted by atomic mass is 10.1. The summed E-state index contributed by atoms with van der Waals surface area (Å²) in [6.45, 7) is 5.09. The number of carbonyl (C=O) groups excluding carboxylic acids is 1. The van der Waals surface area contributed by atoms with E-state index < -0.39 is 9.84 Å². The van der Waals surface area contributed by atoms with Crippen molar-refractivity contribution in [3.8, 4) is 0 Å². The van der Waals surface area contributed by atoms with Gasteiger partial charge in [-0.05, 0) is 62.1 Å². The Hall–Kier alpha value is -2.29. The van der Waals surface area contributed by atoms with Gasteiger partial charge in [0.2, 0.25) is 0 Å². The number of aryl methyl sites for hydroxylation is 2. The molecule has 1 saturated heterocycles. The van der Waals surface area contributed by atoms with E-state index in [2.05, 4.69) is 6.07 Å². The van der Waals surface area contributed by atoms with E-state index in [1.54, 1.807) is 23.1 Å². The van der Waals surface area contributed by atoms with E-state index in [9.17, 15) is 13.2 Å². The Morgan fingerprint density at radius 1 is 1.23 bits per heavy atom. The summed E-state index contributed by atoms with van der Waals surface area (Å²) in [7, 11) is -3.55. The van der Waals surface area contributed by atoms with Crippen molar-refractivity contribution in [2.75, 3.05) is 24.3 Å². The van der Waals surface area contributed by atoms with E-state index in [4.69, 9.17) is 9.72 Å². The molecule has 0 radical (unpaired) electrons. The number of nitrogens with zero attached hydrogens (tertiary/aromatic N) is 2. The highest BCUT2D eigenvalue weighted by molar-refractivity contribution is 7.90. The zero-order chi connectivity index (χ0) is 21.5. The second-order valence-corrected chi connectivity index (χ2v) is 10.7. The van der Waals surface area contributed by atoms with Crippen molar-refractivity contribution in [1.82, 2.24) is 4.98 Å². The third-order valence-corrected chi connectivity index (χ3v) is 7.59. The predicted octanol–water partition coefficient (Wildman–Crippen LogP) is 4.14. The molecule has 1 atom stereocenters. The summed E-state index contributed by atoms with van der Waals surface area (Å²) in [6, 6.07) is 10.4. The highest BCUT2D eigenvalue weighted by Crippen LogP contribution is 2.33. The molecule has 0 bridgehead atoms. The summed E-state index contributed by atoms with van der Waals surface area (Å²) in [5.41, 5.74) is 3.29. The van der Waals surface area contributed by atoms with Gasteiger partial charge in [0.25, 0.3) is 5.91 Å². The zero-order valence-corrected chi connectivity index (χ0v) is 18.8. The lowest BCUT2D eigenvalue weighted by molar-refractivity contribution is 0.0915. The second kappa shape index (κ2) is 8.09. The summed E-state index contributed by atoms with van der Waals surface area (Å²) < 4.78 is 31.3. The maximum absolute atomic E-state index is 13.6. The van der Waals surface area contributed by atoms with Crippen LogP contribution >= 0.6 is 11.3 Å². The Balaban J connectivity index is 1.80. The summed E-state index contributed by atoms with van der Waals surface area (Å²) in [5, 5.41) is 0.554. The molecule has 8 heteroatoms. The van der Waals surface area contributed by atoms with Crippen LogP contribution in [0.4, 0.5) is 5.13 Å². The molecule has 2 aromatic carbocycles. The Kier molecular flexibility index (Phi) is 5.65. The molecule has 0 spiro atoms. The molecule has 3 aromatic rings. The molecule has 1 fully saturated rings. The van der Waals surface area contributed by atoms with Gasteiger partial charge in [-0.1, -0.05) is 23.5 Å². The van der Waals surface area contributed by atoms with Crippen LogP contribution in [0.5, 0.6) is 0 Å². The first-order chi connectivity index (χ1) is 14.2. The summed E-state index contributed by atoms with van der Waals surface area (Å²) >= 11 is 1.44. The number of sulfone groups is 1. The number of hydrogen-bond donors (Lipinski definition) is 0. The van der Waals surface area contributed by atoms with Crippen molar-refractivity contribution < 1.29 is 17.9 Å². The molecule has 2 heterocycles. The number of anilines is 1. The third-order valence-electron chi connectivity index (χ3n) is 5.40. The Labute approximate surface area is 180 Å². The van der Waals surface area contributed by atoms with Gasteiger partial charge in [-0.25, -0.2) is 13.4 Å². The number of amides is 1. The molecule has 0 N–H and O–H groups in total. The quantitative estimate of drug-likeness (QED) is 0.591. The van der Waals surface area contributed by atoms with Gasteiger partial charge in [0.05, 0.1) is 33.3 Å². The van der Waals surface area contributed by atoms with Crippen LogP contribution in [0.25, 0.3) is 10.2 Å². The van der Waals surface area contributed by atoms with Gasteiger partial charge in [0.15, 0.2) is 15.0 Å². The first-order valence-corrected chi connectivity index (χ1v) is 12.5. The van der Waals surface area contributed by atoms with Crippen molar-refractivity contribution in [1.29, 1.82) is 0 Å². The van der Waals surface area contributed by atoms with E-state index in [0.29, 0.717) is 18.3 Å². The minimum Gasteiger partial charge on any atom is -0.376 e. The number of ether oxygens (including phenoxy) is 1. The maximum Gasteiger partial charge on any atom is 0.261 e. The Morgan fingerprint density at radius 3 is 2.67 bits per heavy atom. The van der Waals surface area contributed by atoms with Crippen LogP contribution in [0.1, 0.15) is 34.3 Å². The molecule has 1 aromatic heterocycles. The maximum atomic E-state index is 13.6.